The number of quaternary nitrogens is 1. The van der Waals surface area contributed by atoms with Gasteiger partial charge in [-0.3, -0.25) is 9.28 Å². The minimum Gasteiger partial charge on any atom is -0.298 e. The summed E-state index contributed by atoms with van der Waals surface area (Å²) in [5, 5.41) is 0. The van der Waals surface area contributed by atoms with Crippen LogP contribution in [0.4, 0.5) is 5.69 Å². The van der Waals surface area contributed by atoms with Crippen molar-refractivity contribution >= 4 is 22.6 Å². The predicted molar refractivity (Wildman–Crippen MR) is 109 cm³/mol. The fraction of sp³-hybridized carbons (Fsp3) is 0.125. The van der Waals surface area contributed by atoms with Gasteiger partial charge in [0.25, 0.3) is 0 Å². The van der Waals surface area contributed by atoms with Crippen LogP contribution >= 0.6 is 0 Å². The van der Waals surface area contributed by atoms with Gasteiger partial charge in [-0.2, -0.15) is 0 Å². The van der Waals surface area contributed by atoms with Gasteiger partial charge in [-0.25, -0.2) is 0 Å². The number of hydrogen-bond donors (Lipinski definition) is 0. The van der Waals surface area contributed by atoms with Gasteiger partial charge in [0.2, 0.25) is 0 Å². The Kier molecular flexibility index (Phi) is 3.86. The number of hydrogen-bond acceptors (Lipinski definition) is 1. The second-order valence-electron chi connectivity index (χ2n) is 7.55. The summed E-state index contributed by atoms with van der Waals surface area (Å²) in [5.41, 5.74) is 6.92. The highest BCUT2D eigenvalue weighted by molar-refractivity contribution is 6.41. The zero-order valence-corrected chi connectivity index (χ0v) is 15.4. The third kappa shape index (κ3) is 2.69. The maximum atomic E-state index is 13.1. The van der Waals surface area contributed by atoms with Crippen LogP contribution in [0.15, 0.2) is 78.9 Å². The molecule has 0 N–H and O–H groups in total. The third-order valence-electron chi connectivity index (χ3n) is 4.91. The van der Waals surface area contributed by atoms with E-state index in [4.69, 9.17) is 0 Å². The van der Waals surface area contributed by atoms with Crippen molar-refractivity contribution in [2.45, 2.75) is 0 Å². The molecule has 0 amide bonds. The van der Waals surface area contributed by atoms with Crippen molar-refractivity contribution in [2.75, 3.05) is 21.1 Å². The number of allylic oxidation sites excluding steroid dienone is 1. The third-order valence-corrected chi connectivity index (χ3v) is 4.91. The molecule has 2 nitrogen and oxygen atoms in total. The van der Waals surface area contributed by atoms with Crippen molar-refractivity contribution < 1.29 is 4.79 Å². The average Bonchev–Trinajstić information content (AvgIpc) is 2.95. The maximum Gasteiger partial charge on any atom is 0.194 e. The van der Waals surface area contributed by atoms with E-state index >= 15 is 0 Å². The molecule has 0 saturated heterocycles. The summed E-state index contributed by atoms with van der Waals surface area (Å²) in [6.45, 7) is 0. The lowest BCUT2D eigenvalue weighted by molar-refractivity contribution is 0.105. The SMILES string of the molecule is C[N+](C)(C)c1ccc(C2=C(c3ccccc3)C(=O)c3ccccc32)cc1. The van der Waals surface area contributed by atoms with Gasteiger partial charge in [-0.15, -0.1) is 0 Å². The highest BCUT2D eigenvalue weighted by atomic mass is 16.1. The number of nitrogens with zero attached hydrogens (tertiary/aromatic N) is 1. The Morgan fingerprint density at radius 2 is 1.12 bits per heavy atom. The molecule has 3 aromatic carbocycles. The van der Waals surface area contributed by atoms with Gasteiger partial charge < -0.3 is 0 Å². The zero-order valence-electron chi connectivity index (χ0n) is 15.4. The molecule has 0 fully saturated rings. The summed E-state index contributed by atoms with van der Waals surface area (Å²) < 4.78 is 0.764. The molecule has 0 saturated carbocycles. The monoisotopic (exact) mass is 340 g/mol. The molecule has 3 aromatic rings. The number of benzene rings is 3. The molecule has 0 heterocycles. The Bertz CT molecular complexity index is 1010. The standard InChI is InChI=1S/C24H22NO/c1-25(2,3)19-15-13-18(14-16-19)22-20-11-7-8-12-21(20)24(26)23(22)17-9-5-4-6-10-17/h4-16H,1-3H3/q+1. The lowest BCUT2D eigenvalue weighted by Gasteiger charge is -2.23. The van der Waals surface area contributed by atoms with Crippen LogP contribution in [0.3, 0.4) is 0 Å². The number of fused-ring (bicyclic) bond motifs is 1. The first-order chi connectivity index (χ1) is 12.5. The van der Waals surface area contributed by atoms with Crippen LogP contribution in [-0.4, -0.2) is 26.9 Å². The van der Waals surface area contributed by atoms with E-state index in [1.165, 1.54) is 5.69 Å². The zero-order chi connectivity index (χ0) is 18.3. The first-order valence-corrected chi connectivity index (χ1v) is 8.83. The normalized spacial score (nSPS) is 13.9. The van der Waals surface area contributed by atoms with E-state index in [-0.39, 0.29) is 5.78 Å². The van der Waals surface area contributed by atoms with Crippen LogP contribution in [0.25, 0.3) is 11.1 Å². The average molecular weight is 340 g/mol. The number of carbonyl (C=O) groups is 1. The molecule has 0 unspecified atom stereocenters. The van der Waals surface area contributed by atoms with Crippen molar-refractivity contribution in [1.82, 2.24) is 4.48 Å². The Balaban J connectivity index is 1.94. The molecule has 0 bridgehead atoms. The van der Waals surface area contributed by atoms with Gasteiger partial charge in [0.15, 0.2) is 5.78 Å². The van der Waals surface area contributed by atoms with Gasteiger partial charge in [-0.1, -0.05) is 54.6 Å². The molecule has 0 aromatic heterocycles. The van der Waals surface area contributed by atoms with Crippen LogP contribution in [0.5, 0.6) is 0 Å². The number of rotatable bonds is 3. The van der Waals surface area contributed by atoms with Crippen LogP contribution in [0, 0.1) is 0 Å². The molecular weight excluding hydrogens is 318 g/mol. The quantitative estimate of drug-likeness (QED) is 0.611. The number of ketones is 1. The van der Waals surface area contributed by atoms with E-state index < -0.39 is 0 Å². The minimum absolute atomic E-state index is 0.109. The Morgan fingerprint density at radius 1 is 0.577 bits per heavy atom. The van der Waals surface area contributed by atoms with Crippen molar-refractivity contribution in [3.63, 3.8) is 0 Å². The summed E-state index contributed by atoms with van der Waals surface area (Å²) in [6, 6.07) is 26.4. The summed E-state index contributed by atoms with van der Waals surface area (Å²) in [7, 11) is 6.45. The van der Waals surface area contributed by atoms with Crippen LogP contribution < -0.4 is 4.48 Å². The maximum absolute atomic E-state index is 13.1. The van der Waals surface area contributed by atoms with Crippen LogP contribution in [0.1, 0.15) is 27.0 Å². The highest BCUT2D eigenvalue weighted by Crippen LogP contribution is 2.42. The second kappa shape index (κ2) is 6.08. The second-order valence-corrected chi connectivity index (χ2v) is 7.55. The Morgan fingerprint density at radius 3 is 1.73 bits per heavy atom. The largest absolute Gasteiger partial charge is 0.298 e. The lowest BCUT2D eigenvalue weighted by Crippen LogP contribution is -2.34. The predicted octanol–water partition coefficient (Wildman–Crippen LogP) is 5.04. The lowest BCUT2D eigenvalue weighted by atomic mass is 9.94. The van der Waals surface area contributed by atoms with Gasteiger partial charge in [0, 0.05) is 16.7 Å². The van der Waals surface area contributed by atoms with E-state index in [1.807, 2.05) is 54.6 Å². The molecule has 4 rings (SSSR count). The van der Waals surface area contributed by atoms with E-state index in [0.29, 0.717) is 0 Å². The van der Waals surface area contributed by atoms with E-state index in [9.17, 15) is 4.79 Å². The molecule has 0 atom stereocenters. The van der Waals surface area contributed by atoms with Gasteiger partial charge in [-0.05, 0) is 41.0 Å². The fourth-order valence-electron chi connectivity index (χ4n) is 3.54. The fourth-order valence-corrected chi connectivity index (χ4v) is 3.54. The van der Waals surface area contributed by atoms with E-state index in [2.05, 4.69) is 45.4 Å². The van der Waals surface area contributed by atoms with Crippen molar-refractivity contribution in [3.8, 4) is 0 Å². The van der Waals surface area contributed by atoms with Crippen molar-refractivity contribution in [1.29, 1.82) is 0 Å². The molecule has 0 spiro atoms. The van der Waals surface area contributed by atoms with Gasteiger partial charge >= 0.3 is 0 Å². The first-order valence-electron chi connectivity index (χ1n) is 8.83. The molecule has 1 aliphatic carbocycles. The molecule has 1 aliphatic rings. The first kappa shape index (κ1) is 16.5. The van der Waals surface area contributed by atoms with E-state index in [0.717, 1.165) is 37.9 Å². The summed E-state index contributed by atoms with van der Waals surface area (Å²) in [6.07, 6.45) is 0. The van der Waals surface area contributed by atoms with Gasteiger partial charge in [0.1, 0.15) is 5.69 Å². The minimum atomic E-state index is 0.109. The van der Waals surface area contributed by atoms with E-state index in [1.54, 1.807) is 0 Å². The summed E-state index contributed by atoms with van der Waals surface area (Å²) in [4.78, 5) is 13.1. The molecule has 0 aliphatic heterocycles. The van der Waals surface area contributed by atoms with Crippen molar-refractivity contribution in [2.24, 2.45) is 0 Å². The van der Waals surface area contributed by atoms with Crippen LogP contribution in [0.2, 0.25) is 0 Å². The molecule has 26 heavy (non-hydrogen) atoms. The Labute approximate surface area is 154 Å². The smallest absolute Gasteiger partial charge is 0.194 e. The van der Waals surface area contributed by atoms with Crippen LogP contribution in [-0.2, 0) is 0 Å². The highest BCUT2D eigenvalue weighted by Gasteiger charge is 2.31. The molecule has 128 valence electrons. The summed E-state index contributed by atoms with van der Waals surface area (Å²) in [5.74, 6) is 0.109. The molecule has 0 radical (unpaired) electrons. The topological polar surface area (TPSA) is 17.1 Å². The molecular formula is C24H22NO+. The molecule has 2 heteroatoms. The number of Topliss-reactive ketones (excluding diaryl/α,β-unsaturated/α-hetero) is 1. The van der Waals surface area contributed by atoms with Gasteiger partial charge in [0.05, 0.1) is 21.1 Å². The van der Waals surface area contributed by atoms with Crippen molar-refractivity contribution in [3.05, 3.63) is 101 Å². The summed E-state index contributed by atoms with van der Waals surface area (Å²) >= 11 is 0. The number of carbonyl (C=O) groups excluding carboxylic acids is 1. The Hall–Kier alpha value is -2.97.